The second kappa shape index (κ2) is 13.5. The summed E-state index contributed by atoms with van der Waals surface area (Å²) >= 11 is 1.90. The van der Waals surface area contributed by atoms with Crippen LogP contribution in [-0.2, 0) is 0 Å². The third kappa shape index (κ3) is 5.59. The Hall–Kier alpha value is -6.82. The molecular formula is C51H35N3OS. The van der Waals surface area contributed by atoms with Crippen LogP contribution in [0.2, 0.25) is 0 Å². The van der Waals surface area contributed by atoms with Gasteiger partial charge in [-0.2, -0.15) is 0 Å². The van der Waals surface area contributed by atoms with E-state index in [0.717, 1.165) is 73.1 Å². The van der Waals surface area contributed by atoms with Gasteiger partial charge in [-0.15, -0.1) is 11.3 Å². The third-order valence-electron chi connectivity index (χ3n) is 11.1. The van der Waals surface area contributed by atoms with E-state index in [2.05, 4.69) is 151 Å². The Morgan fingerprint density at radius 2 is 1.36 bits per heavy atom. The number of allylic oxidation sites excluding steroid dienone is 4. The zero-order valence-electron chi connectivity index (χ0n) is 30.4. The average molecular weight is 738 g/mol. The summed E-state index contributed by atoms with van der Waals surface area (Å²) in [5, 5.41) is 8.45. The van der Waals surface area contributed by atoms with Gasteiger partial charge < -0.3 is 9.73 Å². The Balaban J connectivity index is 1.00. The molecule has 2 aromatic heterocycles. The number of thiophene rings is 1. The van der Waals surface area contributed by atoms with Crippen LogP contribution in [0, 0.1) is 0 Å². The lowest BCUT2D eigenvalue weighted by molar-refractivity contribution is 0.670. The topological polar surface area (TPSA) is 49.9 Å². The van der Waals surface area contributed by atoms with E-state index < -0.39 is 0 Å². The SMILES string of the molecule is C1=CCC(c2cccc3c2sc2ccc(-c4cccc5c4oc4cccc(-c6cccc(C7=NC(c8ccccc8)=NC(c8ccccc8)N7)c6)c45)cc23)C=C1. The van der Waals surface area contributed by atoms with Crippen molar-refractivity contribution in [1.29, 1.82) is 0 Å². The van der Waals surface area contributed by atoms with Crippen LogP contribution in [0.25, 0.3) is 64.4 Å². The lowest BCUT2D eigenvalue weighted by Gasteiger charge is -2.24. The summed E-state index contributed by atoms with van der Waals surface area (Å²) in [5.41, 5.74) is 10.7. The van der Waals surface area contributed by atoms with Gasteiger partial charge in [-0.05, 0) is 58.5 Å². The first kappa shape index (κ1) is 32.6. The fourth-order valence-electron chi connectivity index (χ4n) is 8.36. The Morgan fingerprint density at radius 3 is 2.23 bits per heavy atom. The number of furan rings is 1. The summed E-state index contributed by atoms with van der Waals surface area (Å²) in [6, 6.07) is 55.7. The van der Waals surface area contributed by atoms with Gasteiger partial charge in [0.1, 0.15) is 23.2 Å². The van der Waals surface area contributed by atoms with E-state index in [-0.39, 0.29) is 6.17 Å². The summed E-state index contributed by atoms with van der Waals surface area (Å²) in [5.74, 6) is 1.91. The van der Waals surface area contributed by atoms with Crippen molar-refractivity contribution in [2.24, 2.45) is 9.98 Å². The highest BCUT2D eigenvalue weighted by Crippen LogP contribution is 2.44. The lowest BCUT2D eigenvalue weighted by Crippen LogP contribution is -2.33. The number of aliphatic imine (C=N–C) groups is 2. The molecule has 9 aromatic rings. The molecule has 5 heteroatoms. The Bertz CT molecular complexity index is 3090. The van der Waals surface area contributed by atoms with Crippen molar-refractivity contribution in [3.8, 4) is 22.3 Å². The zero-order chi connectivity index (χ0) is 37.0. The molecule has 0 spiro atoms. The van der Waals surface area contributed by atoms with E-state index in [1.54, 1.807) is 0 Å². The van der Waals surface area contributed by atoms with Crippen LogP contribution in [-0.4, -0.2) is 11.7 Å². The number of para-hydroxylation sites is 1. The van der Waals surface area contributed by atoms with Crippen molar-refractivity contribution in [1.82, 2.24) is 5.32 Å². The molecule has 0 bridgehead atoms. The predicted molar refractivity (Wildman–Crippen MR) is 235 cm³/mol. The van der Waals surface area contributed by atoms with Gasteiger partial charge in [0.15, 0.2) is 5.84 Å². The van der Waals surface area contributed by atoms with Crippen molar-refractivity contribution >= 4 is 65.1 Å². The van der Waals surface area contributed by atoms with Gasteiger partial charge in [0.05, 0.1) is 0 Å². The van der Waals surface area contributed by atoms with Gasteiger partial charge in [-0.3, -0.25) is 0 Å². The maximum absolute atomic E-state index is 6.79. The molecule has 266 valence electrons. The number of amidine groups is 2. The Morgan fingerprint density at radius 1 is 0.607 bits per heavy atom. The van der Waals surface area contributed by atoms with Crippen LogP contribution < -0.4 is 5.32 Å². The minimum Gasteiger partial charge on any atom is -0.455 e. The van der Waals surface area contributed by atoms with Crippen LogP contribution in [0.5, 0.6) is 0 Å². The van der Waals surface area contributed by atoms with Crippen LogP contribution in [0.15, 0.2) is 196 Å². The molecule has 2 unspecified atom stereocenters. The molecule has 0 fully saturated rings. The monoisotopic (exact) mass is 737 g/mol. The minimum absolute atomic E-state index is 0.262. The zero-order valence-corrected chi connectivity index (χ0v) is 31.2. The molecule has 1 aliphatic carbocycles. The minimum atomic E-state index is -0.262. The van der Waals surface area contributed by atoms with Gasteiger partial charge >= 0.3 is 0 Å². The maximum Gasteiger partial charge on any atom is 0.159 e. The molecule has 1 N–H and O–H groups in total. The molecule has 2 aliphatic rings. The van der Waals surface area contributed by atoms with E-state index in [4.69, 9.17) is 14.4 Å². The fraction of sp³-hybridized carbons (Fsp3) is 0.0588. The largest absolute Gasteiger partial charge is 0.455 e. The van der Waals surface area contributed by atoms with Crippen LogP contribution in [0.3, 0.4) is 0 Å². The Labute approximate surface area is 328 Å². The standard InChI is InChI=1S/C51H35N3OS/c1-4-14-32(15-5-1)40-24-12-25-41-43-31-36(28-29-45(43)56-48(40)41)39-23-11-26-42-46-38(22-13-27-44(46)55-47(39)42)35-20-10-21-37(30-35)51-53-49(33-16-6-2-7-17-33)52-50(54-51)34-18-8-3-9-19-34/h1-14,16-32,49H,15H2,(H,52,53,54). The molecule has 1 aliphatic heterocycles. The van der Waals surface area contributed by atoms with Gasteiger partial charge in [0, 0.05) is 53.6 Å². The summed E-state index contributed by atoms with van der Waals surface area (Å²) in [6.07, 6.45) is 9.70. The molecule has 56 heavy (non-hydrogen) atoms. The molecular weight excluding hydrogens is 703 g/mol. The predicted octanol–water partition coefficient (Wildman–Crippen LogP) is 13.4. The van der Waals surface area contributed by atoms with E-state index in [0.29, 0.717) is 11.8 Å². The van der Waals surface area contributed by atoms with Crippen LogP contribution in [0.4, 0.5) is 0 Å². The quantitative estimate of drug-likeness (QED) is 0.185. The van der Waals surface area contributed by atoms with Gasteiger partial charge in [-0.25, -0.2) is 9.98 Å². The van der Waals surface area contributed by atoms with Crippen molar-refractivity contribution in [3.63, 3.8) is 0 Å². The number of nitrogens with one attached hydrogen (secondary N) is 1. The maximum atomic E-state index is 6.79. The van der Waals surface area contributed by atoms with Crippen LogP contribution >= 0.6 is 11.3 Å². The van der Waals surface area contributed by atoms with E-state index in [1.165, 1.54) is 25.7 Å². The van der Waals surface area contributed by atoms with Crippen molar-refractivity contribution < 1.29 is 4.42 Å². The molecule has 7 aromatic carbocycles. The smallest absolute Gasteiger partial charge is 0.159 e. The van der Waals surface area contributed by atoms with Gasteiger partial charge in [0.25, 0.3) is 0 Å². The normalized spacial score (nSPS) is 16.7. The third-order valence-corrected chi connectivity index (χ3v) is 12.3. The highest BCUT2D eigenvalue weighted by molar-refractivity contribution is 7.26. The first-order valence-corrected chi connectivity index (χ1v) is 19.9. The summed E-state index contributed by atoms with van der Waals surface area (Å²) in [6.45, 7) is 0. The van der Waals surface area contributed by atoms with E-state index in [9.17, 15) is 0 Å². The summed E-state index contributed by atoms with van der Waals surface area (Å²) in [7, 11) is 0. The number of fused-ring (bicyclic) bond motifs is 6. The van der Waals surface area contributed by atoms with Gasteiger partial charge in [-0.1, -0.05) is 158 Å². The van der Waals surface area contributed by atoms with Gasteiger partial charge in [0.2, 0.25) is 0 Å². The average Bonchev–Trinajstić information content (AvgIpc) is 3.86. The number of hydrogen-bond acceptors (Lipinski definition) is 5. The second-order valence-corrected chi connectivity index (χ2v) is 15.5. The number of nitrogens with zero attached hydrogens (tertiary/aromatic N) is 2. The number of rotatable bonds is 6. The fourth-order valence-corrected chi connectivity index (χ4v) is 9.62. The van der Waals surface area contributed by atoms with Crippen molar-refractivity contribution in [3.05, 3.63) is 204 Å². The first-order valence-electron chi connectivity index (χ1n) is 19.1. The number of benzene rings is 7. The second-order valence-electron chi connectivity index (χ2n) is 14.5. The highest BCUT2D eigenvalue weighted by Gasteiger charge is 2.23. The highest BCUT2D eigenvalue weighted by atomic mass is 32.1. The summed E-state index contributed by atoms with van der Waals surface area (Å²) in [4.78, 5) is 10.1. The molecule has 0 saturated carbocycles. The van der Waals surface area contributed by atoms with Crippen molar-refractivity contribution in [2.75, 3.05) is 0 Å². The molecule has 4 nitrogen and oxygen atoms in total. The summed E-state index contributed by atoms with van der Waals surface area (Å²) < 4.78 is 9.48. The first-order chi connectivity index (χ1) is 27.7. The van der Waals surface area contributed by atoms with Crippen LogP contribution in [0.1, 0.15) is 40.8 Å². The molecule has 2 atom stereocenters. The molecule has 3 heterocycles. The molecule has 0 saturated heterocycles. The van der Waals surface area contributed by atoms with E-state index >= 15 is 0 Å². The van der Waals surface area contributed by atoms with E-state index in [1.807, 2.05) is 47.7 Å². The Kier molecular flexibility index (Phi) is 7.85. The van der Waals surface area contributed by atoms with Crippen molar-refractivity contribution in [2.45, 2.75) is 18.5 Å². The molecule has 11 rings (SSSR count). The molecule has 0 radical (unpaired) electrons. The lowest BCUT2D eigenvalue weighted by atomic mass is 9.91. The number of hydrogen-bond donors (Lipinski definition) is 1. The molecule has 0 amide bonds.